The Balaban J connectivity index is 1.37. The molecule has 0 unspecified atom stereocenters. The molecule has 0 radical (unpaired) electrons. The molecule has 0 saturated carbocycles. The predicted octanol–water partition coefficient (Wildman–Crippen LogP) is 3.49. The third kappa shape index (κ3) is 5.32. The third-order valence-electron chi connectivity index (χ3n) is 5.88. The number of nitrogens with zero attached hydrogens (tertiary/aromatic N) is 2. The standard InChI is InChI=1S/C26H30N4O/c1-29-12-14-30(15-13-29)25-10-8-20(9-11-25)19-28-26(31)24-7-3-6-23(17-24)22-5-2-4-21(16-22)18-27/h2-11,16-17H,12-15,18-19,27H2,1H3,(H,28,31). The highest BCUT2D eigenvalue weighted by Crippen LogP contribution is 2.22. The van der Waals surface area contributed by atoms with Crippen molar-refractivity contribution in [2.24, 2.45) is 5.73 Å². The first-order valence-corrected chi connectivity index (χ1v) is 10.8. The number of amides is 1. The smallest absolute Gasteiger partial charge is 0.251 e. The van der Waals surface area contributed by atoms with Crippen molar-refractivity contribution in [2.75, 3.05) is 38.1 Å². The van der Waals surface area contributed by atoms with Gasteiger partial charge >= 0.3 is 0 Å². The summed E-state index contributed by atoms with van der Waals surface area (Å²) in [5, 5.41) is 3.04. The maximum absolute atomic E-state index is 12.7. The van der Waals surface area contributed by atoms with Crippen LogP contribution in [0.5, 0.6) is 0 Å². The highest BCUT2D eigenvalue weighted by atomic mass is 16.1. The van der Waals surface area contributed by atoms with Gasteiger partial charge in [-0.25, -0.2) is 0 Å². The molecule has 0 bridgehead atoms. The molecule has 1 aliphatic rings. The van der Waals surface area contributed by atoms with Crippen LogP contribution in [0.2, 0.25) is 0 Å². The summed E-state index contributed by atoms with van der Waals surface area (Å²) in [7, 11) is 2.16. The lowest BCUT2D eigenvalue weighted by Gasteiger charge is -2.34. The molecule has 0 aromatic heterocycles. The van der Waals surface area contributed by atoms with Crippen molar-refractivity contribution >= 4 is 11.6 Å². The van der Waals surface area contributed by atoms with Crippen molar-refractivity contribution < 1.29 is 4.79 Å². The number of nitrogens with two attached hydrogens (primary N) is 1. The molecule has 1 aliphatic heterocycles. The Morgan fingerprint density at radius 1 is 0.871 bits per heavy atom. The van der Waals surface area contributed by atoms with E-state index in [1.807, 2.05) is 42.5 Å². The summed E-state index contributed by atoms with van der Waals surface area (Å²) in [4.78, 5) is 17.5. The lowest BCUT2D eigenvalue weighted by molar-refractivity contribution is 0.0951. The maximum atomic E-state index is 12.7. The van der Waals surface area contributed by atoms with E-state index in [0.717, 1.165) is 48.4 Å². The second-order valence-corrected chi connectivity index (χ2v) is 8.12. The predicted molar refractivity (Wildman–Crippen MR) is 127 cm³/mol. The van der Waals surface area contributed by atoms with Crippen LogP contribution in [0.4, 0.5) is 5.69 Å². The van der Waals surface area contributed by atoms with Gasteiger partial charge in [-0.1, -0.05) is 42.5 Å². The lowest BCUT2D eigenvalue weighted by atomic mass is 10.0. The van der Waals surface area contributed by atoms with Gasteiger partial charge in [-0.3, -0.25) is 4.79 Å². The number of hydrogen-bond acceptors (Lipinski definition) is 4. The SMILES string of the molecule is CN1CCN(c2ccc(CNC(=O)c3cccc(-c4cccc(CN)c4)c3)cc2)CC1. The minimum atomic E-state index is -0.0695. The van der Waals surface area contributed by atoms with Crippen molar-refractivity contribution in [2.45, 2.75) is 13.1 Å². The third-order valence-corrected chi connectivity index (χ3v) is 5.88. The number of likely N-dealkylation sites (N-methyl/N-ethyl adjacent to an activating group) is 1. The summed E-state index contributed by atoms with van der Waals surface area (Å²) in [6, 6.07) is 24.3. The molecule has 1 amide bonds. The van der Waals surface area contributed by atoms with E-state index in [1.54, 1.807) is 0 Å². The van der Waals surface area contributed by atoms with Crippen molar-refractivity contribution in [3.05, 3.63) is 89.5 Å². The summed E-state index contributed by atoms with van der Waals surface area (Å²) in [5.41, 5.74) is 11.9. The Bertz CT molecular complexity index is 1020. The molecule has 160 valence electrons. The van der Waals surface area contributed by atoms with Crippen LogP contribution < -0.4 is 16.0 Å². The van der Waals surface area contributed by atoms with Crippen LogP contribution in [0.1, 0.15) is 21.5 Å². The molecule has 0 aliphatic carbocycles. The van der Waals surface area contributed by atoms with E-state index in [2.05, 4.69) is 52.5 Å². The highest BCUT2D eigenvalue weighted by molar-refractivity contribution is 5.95. The quantitative estimate of drug-likeness (QED) is 0.648. The molecule has 31 heavy (non-hydrogen) atoms. The van der Waals surface area contributed by atoms with Gasteiger partial charge in [0.25, 0.3) is 5.91 Å². The molecular weight excluding hydrogens is 384 g/mol. The fourth-order valence-corrected chi connectivity index (χ4v) is 3.89. The number of nitrogens with one attached hydrogen (secondary N) is 1. The molecule has 3 aromatic carbocycles. The number of carbonyl (C=O) groups is 1. The Morgan fingerprint density at radius 2 is 1.55 bits per heavy atom. The molecule has 0 atom stereocenters. The van der Waals surface area contributed by atoms with Crippen LogP contribution in [0.15, 0.2) is 72.8 Å². The largest absolute Gasteiger partial charge is 0.369 e. The topological polar surface area (TPSA) is 61.6 Å². The van der Waals surface area contributed by atoms with E-state index in [0.29, 0.717) is 18.7 Å². The van der Waals surface area contributed by atoms with Crippen molar-refractivity contribution in [3.8, 4) is 11.1 Å². The average Bonchev–Trinajstić information content (AvgIpc) is 2.83. The molecule has 4 rings (SSSR count). The van der Waals surface area contributed by atoms with E-state index < -0.39 is 0 Å². The normalized spacial score (nSPS) is 14.5. The van der Waals surface area contributed by atoms with Crippen LogP contribution >= 0.6 is 0 Å². The van der Waals surface area contributed by atoms with E-state index in [4.69, 9.17) is 5.73 Å². The minimum absolute atomic E-state index is 0.0695. The number of hydrogen-bond donors (Lipinski definition) is 2. The van der Waals surface area contributed by atoms with Gasteiger partial charge in [-0.2, -0.15) is 0 Å². The second kappa shape index (κ2) is 9.77. The van der Waals surface area contributed by atoms with Crippen LogP contribution in [0, 0.1) is 0 Å². The van der Waals surface area contributed by atoms with Gasteiger partial charge in [0, 0.05) is 50.5 Å². The maximum Gasteiger partial charge on any atom is 0.251 e. The molecule has 1 heterocycles. The van der Waals surface area contributed by atoms with Gasteiger partial charge in [0.15, 0.2) is 0 Å². The average molecular weight is 415 g/mol. The lowest BCUT2D eigenvalue weighted by Crippen LogP contribution is -2.44. The summed E-state index contributed by atoms with van der Waals surface area (Å²) in [5.74, 6) is -0.0695. The van der Waals surface area contributed by atoms with Gasteiger partial charge < -0.3 is 20.9 Å². The summed E-state index contributed by atoms with van der Waals surface area (Å²) in [6.07, 6.45) is 0. The zero-order chi connectivity index (χ0) is 21.6. The monoisotopic (exact) mass is 414 g/mol. The second-order valence-electron chi connectivity index (χ2n) is 8.12. The van der Waals surface area contributed by atoms with Crippen LogP contribution in [-0.4, -0.2) is 44.0 Å². The molecule has 3 aromatic rings. The van der Waals surface area contributed by atoms with Crippen LogP contribution in [-0.2, 0) is 13.1 Å². The Labute approximate surface area is 184 Å². The summed E-state index contributed by atoms with van der Waals surface area (Å²) >= 11 is 0. The number of rotatable bonds is 6. The van der Waals surface area contributed by atoms with E-state index in [-0.39, 0.29) is 5.91 Å². The summed E-state index contributed by atoms with van der Waals surface area (Å²) in [6.45, 7) is 5.30. The van der Waals surface area contributed by atoms with E-state index in [1.165, 1.54) is 5.69 Å². The minimum Gasteiger partial charge on any atom is -0.369 e. The van der Waals surface area contributed by atoms with Crippen LogP contribution in [0.3, 0.4) is 0 Å². The number of piperazine rings is 1. The summed E-state index contributed by atoms with van der Waals surface area (Å²) < 4.78 is 0. The van der Waals surface area contributed by atoms with Crippen molar-refractivity contribution in [1.82, 2.24) is 10.2 Å². The highest BCUT2D eigenvalue weighted by Gasteiger charge is 2.14. The molecule has 3 N–H and O–H groups in total. The molecule has 1 fully saturated rings. The Hall–Kier alpha value is -3.15. The van der Waals surface area contributed by atoms with Gasteiger partial charge in [0.05, 0.1) is 0 Å². The van der Waals surface area contributed by atoms with Gasteiger partial charge in [0.2, 0.25) is 0 Å². The van der Waals surface area contributed by atoms with Gasteiger partial charge in [-0.15, -0.1) is 0 Å². The number of carbonyl (C=O) groups excluding carboxylic acids is 1. The molecule has 5 heteroatoms. The van der Waals surface area contributed by atoms with E-state index >= 15 is 0 Å². The van der Waals surface area contributed by atoms with E-state index in [9.17, 15) is 4.79 Å². The number of benzene rings is 3. The molecule has 5 nitrogen and oxygen atoms in total. The zero-order valence-corrected chi connectivity index (χ0v) is 18.1. The first kappa shape index (κ1) is 21.1. The Morgan fingerprint density at radius 3 is 2.26 bits per heavy atom. The molecular formula is C26H30N4O. The van der Waals surface area contributed by atoms with Gasteiger partial charge in [-0.05, 0) is 59.6 Å². The van der Waals surface area contributed by atoms with Gasteiger partial charge in [0.1, 0.15) is 0 Å². The zero-order valence-electron chi connectivity index (χ0n) is 18.1. The molecule has 0 spiro atoms. The van der Waals surface area contributed by atoms with Crippen molar-refractivity contribution in [3.63, 3.8) is 0 Å². The Kier molecular flexibility index (Phi) is 6.65. The molecule has 1 saturated heterocycles. The first-order chi connectivity index (χ1) is 15.1. The first-order valence-electron chi connectivity index (χ1n) is 10.8. The fraction of sp³-hybridized carbons (Fsp3) is 0.269. The number of anilines is 1. The van der Waals surface area contributed by atoms with Crippen molar-refractivity contribution in [1.29, 1.82) is 0 Å². The fourth-order valence-electron chi connectivity index (χ4n) is 3.89. The van der Waals surface area contributed by atoms with Crippen LogP contribution in [0.25, 0.3) is 11.1 Å².